The maximum Gasteiger partial charge on any atom is 0.106 e. The SMILES string of the molecule is Cn1cc(C2(C)CN(Cc3cnnn3-c3ccccc3)CCO2)cn1. The molecule has 3 aromatic rings. The Balaban J connectivity index is 1.53. The summed E-state index contributed by atoms with van der Waals surface area (Å²) in [5.74, 6) is 0. The van der Waals surface area contributed by atoms with E-state index in [0.717, 1.165) is 36.6 Å². The van der Waals surface area contributed by atoms with E-state index in [4.69, 9.17) is 4.74 Å². The second-order valence-corrected chi connectivity index (χ2v) is 6.67. The summed E-state index contributed by atoms with van der Waals surface area (Å²) in [6.45, 7) is 5.29. The lowest BCUT2D eigenvalue weighted by Gasteiger charge is -2.40. The van der Waals surface area contributed by atoms with Gasteiger partial charge in [0.25, 0.3) is 0 Å². The van der Waals surface area contributed by atoms with Gasteiger partial charge in [0.05, 0.1) is 30.4 Å². The zero-order chi connectivity index (χ0) is 17.3. The number of morpholine rings is 1. The van der Waals surface area contributed by atoms with Gasteiger partial charge in [-0.25, -0.2) is 4.68 Å². The van der Waals surface area contributed by atoms with Crippen LogP contribution in [-0.2, 0) is 23.9 Å². The summed E-state index contributed by atoms with van der Waals surface area (Å²) in [5.41, 5.74) is 2.85. The molecule has 1 aliphatic rings. The van der Waals surface area contributed by atoms with Crippen LogP contribution in [0.2, 0.25) is 0 Å². The number of benzene rings is 1. The Labute approximate surface area is 146 Å². The summed E-state index contributed by atoms with van der Waals surface area (Å²) in [6.07, 6.45) is 5.75. The predicted molar refractivity (Wildman–Crippen MR) is 93.1 cm³/mol. The molecule has 2 aromatic heterocycles. The van der Waals surface area contributed by atoms with Crippen molar-refractivity contribution in [1.29, 1.82) is 0 Å². The topological polar surface area (TPSA) is 61.0 Å². The average Bonchev–Trinajstić information content (AvgIpc) is 3.25. The summed E-state index contributed by atoms with van der Waals surface area (Å²) in [5, 5.41) is 12.6. The van der Waals surface area contributed by atoms with Crippen molar-refractivity contribution in [3.05, 3.63) is 60.2 Å². The van der Waals surface area contributed by atoms with Crippen LogP contribution in [0.1, 0.15) is 18.2 Å². The summed E-state index contributed by atoms with van der Waals surface area (Å²) in [4.78, 5) is 2.38. The molecule has 0 N–H and O–H groups in total. The van der Waals surface area contributed by atoms with Crippen molar-refractivity contribution in [1.82, 2.24) is 29.7 Å². The molecule has 3 heterocycles. The van der Waals surface area contributed by atoms with Gasteiger partial charge < -0.3 is 4.74 Å². The zero-order valence-corrected chi connectivity index (χ0v) is 14.5. The number of aromatic nitrogens is 5. The van der Waals surface area contributed by atoms with E-state index in [0.29, 0.717) is 6.61 Å². The Morgan fingerprint density at radius 1 is 1.20 bits per heavy atom. The molecule has 7 heteroatoms. The third-order valence-corrected chi connectivity index (χ3v) is 4.68. The van der Waals surface area contributed by atoms with Gasteiger partial charge in [-0.3, -0.25) is 9.58 Å². The molecule has 0 amide bonds. The molecule has 0 aliphatic carbocycles. The van der Waals surface area contributed by atoms with Gasteiger partial charge in [-0.1, -0.05) is 23.4 Å². The number of para-hydroxylation sites is 1. The molecule has 1 unspecified atom stereocenters. The largest absolute Gasteiger partial charge is 0.368 e. The molecule has 1 aromatic carbocycles. The van der Waals surface area contributed by atoms with Crippen LogP contribution in [0.3, 0.4) is 0 Å². The number of rotatable bonds is 4. The van der Waals surface area contributed by atoms with Crippen LogP contribution in [0, 0.1) is 0 Å². The van der Waals surface area contributed by atoms with Gasteiger partial charge in [-0.15, -0.1) is 5.10 Å². The molecule has 1 atom stereocenters. The first-order valence-corrected chi connectivity index (χ1v) is 8.44. The van der Waals surface area contributed by atoms with E-state index in [1.54, 1.807) is 0 Å². The Hall–Kier alpha value is -2.51. The average molecular weight is 338 g/mol. The Kier molecular flexibility index (Phi) is 4.10. The fraction of sp³-hybridized carbons (Fsp3) is 0.389. The molecule has 0 radical (unpaired) electrons. The lowest BCUT2D eigenvalue weighted by molar-refractivity contribution is -0.105. The minimum atomic E-state index is -0.350. The van der Waals surface area contributed by atoms with Crippen molar-refractivity contribution in [2.45, 2.75) is 19.1 Å². The van der Waals surface area contributed by atoms with Crippen molar-refractivity contribution in [3.63, 3.8) is 0 Å². The molecule has 1 aliphatic heterocycles. The van der Waals surface area contributed by atoms with Crippen molar-refractivity contribution in [2.24, 2.45) is 7.05 Å². The second kappa shape index (κ2) is 6.42. The molecule has 4 rings (SSSR count). The molecule has 0 spiro atoms. The van der Waals surface area contributed by atoms with Gasteiger partial charge in [0.1, 0.15) is 5.60 Å². The van der Waals surface area contributed by atoms with Crippen LogP contribution in [0.25, 0.3) is 5.69 Å². The van der Waals surface area contributed by atoms with E-state index in [9.17, 15) is 0 Å². The summed E-state index contributed by atoms with van der Waals surface area (Å²) >= 11 is 0. The number of hydrogen-bond acceptors (Lipinski definition) is 5. The van der Waals surface area contributed by atoms with Crippen LogP contribution in [0.15, 0.2) is 48.9 Å². The van der Waals surface area contributed by atoms with Crippen molar-refractivity contribution in [3.8, 4) is 5.69 Å². The zero-order valence-electron chi connectivity index (χ0n) is 14.5. The first-order chi connectivity index (χ1) is 12.1. The molecule has 7 nitrogen and oxygen atoms in total. The molecular weight excluding hydrogens is 316 g/mol. The maximum atomic E-state index is 6.10. The van der Waals surface area contributed by atoms with Crippen LogP contribution in [0.4, 0.5) is 0 Å². The van der Waals surface area contributed by atoms with E-state index >= 15 is 0 Å². The normalized spacial score (nSPS) is 21.5. The van der Waals surface area contributed by atoms with Gasteiger partial charge in [0, 0.05) is 38.4 Å². The Morgan fingerprint density at radius 3 is 2.80 bits per heavy atom. The van der Waals surface area contributed by atoms with E-state index in [-0.39, 0.29) is 5.60 Å². The van der Waals surface area contributed by atoms with Gasteiger partial charge >= 0.3 is 0 Å². The number of ether oxygens (including phenoxy) is 1. The smallest absolute Gasteiger partial charge is 0.106 e. The van der Waals surface area contributed by atoms with Crippen LogP contribution in [0.5, 0.6) is 0 Å². The number of hydrogen-bond donors (Lipinski definition) is 0. The van der Waals surface area contributed by atoms with E-state index < -0.39 is 0 Å². The Bertz CT molecular complexity index is 842. The maximum absolute atomic E-state index is 6.10. The number of nitrogens with zero attached hydrogens (tertiary/aromatic N) is 6. The minimum absolute atomic E-state index is 0.350. The molecule has 1 saturated heterocycles. The van der Waals surface area contributed by atoms with E-state index in [1.165, 1.54) is 0 Å². The van der Waals surface area contributed by atoms with Gasteiger partial charge in [-0.2, -0.15) is 5.10 Å². The third-order valence-electron chi connectivity index (χ3n) is 4.68. The summed E-state index contributed by atoms with van der Waals surface area (Å²) < 4.78 is 9.81. The van der Waals surface area contributed by atoms with Crippen LogP contribution < -0.4 is 0 Å². The molecular formula is C18H22N6O. The highest BCUT2D eigenvalue weighted by atomic mass is 16.5. The van der Waals surface area contributed by atoms with Gasteiger partial charge in [0.2, 0.25) is 0 Å². The van der Waals surface area contributed by atoms with Crippen molar-refractivity contribution >= 4 is 0 Å². The standard InChI is InChI=1S/C18H22N6O/c1-18(15-10-20-22(2)12-15)14-23(8-9-25-18)13-17-11-19-21-24(17)16-6-4-3-5-7-16/h3-7,10-12H,8-9,13-14H2,1-2H3. The van der Waals surface area contributed by atoms with Crippen molar-refractivity contribution in [2.75, 3.05) is 19.7 Å². The van der Waals surface area contributed by atoms with Crippen LogP contribution >= 0.6 is 0 Å². The molecule has 1 fully saturated rings. The fourth-order valence-electron chi connectivity index (χ4n) is 3.34. The fourth-order valence-corrected chi connectivity index (χ4v) is 3.34. The van der Waals surface area contributed by atoms with E-state index in [1.807, 2.05) is 65.3 Å². The predicted octanol–water partition coefficient (Wildman–Crippen LogP) is 1.75. The van der Waals surface area contributed by atoms with Gasteiger partial charge in [-0.05, 0) is 19.1 Å². The summed E-state index contributed by atoms with van der Waals surface area (Å²) in [7, 11) is 1.93. The highest BCUT2D eigenvalue weighted by Gasteiger charge is 2.35. The third kappa shape index (κ3) is 3.20. The lowest BCUT2D eigenvalue weighted by atomic mass is 9.97. The monoisotopic (exact) mass is 338 g/mol. The van der Waals surface area contributed by atoms with Crippen molar-refractivity contribution < 1.29 is 4.74 Å². The van der Waals surface area contributed by atoms with Gasteiger partial charge in [0.15, 0.2) is 0 Å². The first kappa shape index (κ1) is 16.0. The first-order valence-electron chi connectivity index (χ1n) is 8.44. The highest BCUT2D eigenvalue weighted by molar-refractivity contribution is 5.31. The quantitative estimate of drug-likeness (QED) is 0.725. The molecule has 0 saturated carbocycles. The molecule has 0 bridgehead atoms. The highest BCUT2D eigenvalue weighted by Crippen LogP contribution is 2.29. The molecule has 130 valence electrons. The number of aryl methyl sites for hydroxylation is 1. The minimum Gasteiger partial charge on any atom is -0.368 e. The lowest BCUT2D eigenvalue weighted by Crippen LogP contribution is -2.47. The molecule has 25 heavy (non-hydrogen) atoms. The van der Waals surface area contributed by atoms with Crippen LogP contribution in [-0.4, -0.2) is 49.4 Å². The Morgan fingerprint density at radius 2 is 2.04 bits per heavy atom. The summed E-state index contributed by atoms with van der Waals surface area (Å²) in [6, 6.07) is 10.1. The second-order valence-electron chi connectivity index (χ2n) is 6.67. The van der Waals surface area contributed by atoms with E-state index in [2.05, 4.69) is 27.2 Å².